The van der Waals surface area contributed by atoms with Gasteiger partial charge in [-0.05, 0) is 48.8 Å². The number of urea groups is 1. The Bertz CT molecular complexity index is 931. The minimum atomic E-state index is -1.38. The van der Waals surface area contributed by atoms with Crippen molar-refractivity contribution in [1.82, 2.24) is 9.69 Å². The maximum atomic E-state index is 13.9. The molecule has 0 saturated heterocycles. The largest absolute Gasteiger partial charge is 0.471 e. The first kappa shape index (κ1) is 19.9. The van der Waals surface area contributed by atoms with Crippen molar-refractivity contribution in [3.05, 3.63) is 40.2 Å². The monoisotopic (exact) mass is 414 g/mol. The number of amides is 3. The molecule has 3 rings (SSSR count). The van der Waals surface area contributed by atoms with Gasteiger partial charge in [-0.15, -0.1) is 0 Å². The summed E-state index contributed by atoms with van der Waals surface area (Å²) in [5, 5.41) is 5.13. The molecule has 11 heteroatoms. The van der Waals surface area contributed by atoms with Gasteiger partial charge in [-0.2, -0.15) is 4.37 Å². The molecule has 1 aliphatic rings. The van der Waals surface area contributed by atoms with Crippen LogP contribution < -0.4 is 21.1 Å². The van der Waals surface area contributed by atoms with E-state index in [1.165, 1.54) is 6.92 Å². The number of halogens is 3. The number of nitrogens with two attached hydrogens (primary N) is 1. The number of rotatable bonds is 7. The van der Waals surface area contributed by atoms with E-state index in [2.05, 4.69) is 15.0 Å². The van der Waals surface area contributed by atoms with E-state index in [0.29, 0.717) is 12.5 Å². The van der Waals surface area contributed by atoms with Crippen molar-refractivity contribution in [2.75, 3.05) is 11.9 Å². The molecule has 7 nitrogen and oxygen atoms in total. The lowest BCUT2D eigenvalue weighted by Crippen LogP contribution is -2.30. The van der Waals surface area contributed by atoms with Crippen LogP contribution >= 0.6 is 11.5 Å². The Kier molecular flexibility index (Phi) is 5.73. The van der Waals surface area contributed by atoms with Crippen LogP contribution in [0.2, 0.25) is 0 Å². The van der Waals surface area contributed by atoms with Crippen molar-refractivity contribution in [1.29, 1.82) is 0 Å². The first-order valence-electron chi connectivity index (χ1n) is 8.38. The molecule has 28 heavy (non-hydrogen) atoms. The van der Waals surface area contributed by atoms with E-state index < -0.39 is 41.6 Å². The number of carbonyl (C=O) groups is 2. The molecule has 0 aliphatic heterocycles. The third-order valence-corrected chi connectivity index (χ3v) is 4.92. The predicted octanol–water partition coefficient (Wildman–Crippen LogP) is 3.08. The highest BCUT2D eigenvalue weighted by molar-refractivity contribution is 7.11. The van der Waals surface area contributed by atoms with Crippen molar-refractivity contribution in [2.45, 2.75) is 26.4 Å². The molecule has 0 spiro atoms. The number of hydrogen-bond donors (Lipinski definition) is 3. The molecule has 1 fully saturated rings. The molecule has 0 atom stereocenters. The van der Waals surface area contributed by atoms with E-state index in [-0.39, 0.29) is 22.0 Å². The van der Waals surface area contributed by atoms with E-state index in [0.717, 1.165) is 30.4 Å². The molecule has 1 aliphatic carbocycles. The maximum Gasteiger partial charge on any atom is 0.319 e. The summed E-state index contributed by atoms with van der Waals surface area (Å²) in [7, 11) is 0. The lowest BCUT2D eigenvalue weighted by atomic mass is 10.1. The van der Waals surface area contributed by atoms with Gasteiger partial charge in [0.2, 0.25) is 5.88 Å². The molecule has 4 N–H and O–H groups in total. The van der Waals surface area contributed by atoms with Crippen LogP contribution in [0.15, 0.2) is 6.07 Å². The topological polar surface area (TPSA) is 106 Å². The molecule has 1 heterocycles. The standard InChI is InChI=1S/C17H17F3N4O3S/c1-7-4-10(18)9(13(20)12(7)19)6-27-15-11(14(21)25)16(28-24-15)23-17(26)22-5-8-2-3-8/h4,8H,2-3,5-6H2,1H3,(H2,21,25)(H2,22,23,26). The van der Waals surface area contributed by atoms with Crippen molar-refractivity contribution >= 4 is 28.5 Å². The van der Waals surface area contributed by atoms with Crippen LogP contribution in [0.5, 0.6) is 5.88 Å². The van der Waals surface area contributed by atoms with Crippen LogP contribution in [0, 0.1) is 30.3 Å². The maximum absolute atomic E-state index is 13.9. The fraction of sp³-hybridized carbons (Fsp3) is 0.353. The van der Waals surface area contributed by atoms with Gasteiger partial charge in [0.25, 0.3) is 5.91 Å². The number of aromatic nitrogens is 1. The van der Waals surface area contributed by atoms with E-state index in [1.54, 1.807) is 0 Å². The van der Waals surface area contributed by atoms with Crippen molar-refractivity contribution < 1.29 is 27.5 Å². The summed E-state index contributed by atoms with van der Waals surface area (Å²) < 4.78 is 50.6. The molecule has 3 amide bonds. The fourth-order valence-corrected chi connectivity index (χ4v) is 3.14. The Balaban J connectivity index is 1.74. The smallest absolute Gasteiger partial charge is 0.319 e. The molecular weight excluding hydrogens is 397 g/mol. The van der Waals surface area contributed by atoms with Crippen molar-refractivity contribution in [2.24, 2.45) is 11.7 Å². The lowest BCUT2D eigenvalue weighted by Gasteiger charge is -2.10. The average molecular weight is 414 g/mol. The number of hydrogen-bond acceptors (Lipinski definition) is 5. The summed E-state index contributed by atoms with van der Waals surface area (Å²) in [6, 6.07) is 0.298. The SMILES string of the molecule is Cc1cc(F)c(COc2nsc(NC(=O)NCC3CC3)c2C(N)=O)c(F)c1F. The Morgan fingerprint density at radius 1 is 1.32 bits per heavy atom. The third kappa shape index (κ3) is 4.35. The van der Waals surface area contributed by atoms with Gasteiger partial charge in [0.1, 0.15) is 23.0 Å². The zero-order valence-electron chi connectivity index (χ0n) is 14.8. The molecular formula is C17H17F3N4O3S. The number of primary amides is 1. The third-order valence-electron chi connectivity index (χ3n) is 4.17. The molecule has 1 saturated carbocycles. The zero-order valence-corrected chi connectivity index (χ0v) is 15.6. The highest BCUT2D eigenvalue weighted by Gasteiger charge is 2.25. The number of nitrogens with one attached hydrogen (secondary N) is 2. The number of anilines is 1. The summed E-state index contributed by atoms with van der Waals surface area (Å²) in [6.07, 6.45) is 2.11. The first-order chi connectivity index (χ1) is 13.3. The molecule has 150 valence electrons. The van der Waals surface area contributed by atoms with Crippen LogP contribution in [0.1, 0.15) is 34.3 Å². The van der Waals surface area contributed by atoms with Crippen LogP contribution in [-0.4, -0.2) is 22.9 Å². The van der Waals surface area contributed by atoms with Crippen LogP contribution in [0.25, 0.3) is 0 Å². The Morgan fingerprint density at radius 2 is 2.04 bits per heavy atom. The number of benzene rings is 1. The van der Waals surface area contributed by atoms with E-state index >= 15 is 0 Å². The minimum Gasteiger partial charge on any atom is -0.471 e. The number of carbonyl (C=O) groups excluding carboxylic acids is 2. The van der Waals surface area contributed by atoms with Crippen LogP contribution in [0.4, 0.5) is 23.0 Å². The van der Waals surface area contributed by atoms with Gasteiger partial charge < -0.3 is 15.8 Å². The number of aryl methyl sites for hydroxylation is 1. The summed E-state index contributed by atoms with van der Waals surface area (Å²) >= 11 is 0.722. The molecule has 0 radical (unpaired) electrons. The minimum absolute atomic E-state index is 0.0341. The fourth-order valence-electron chi connectivity index (χ4n) is 2.41. The molecule has 1 aromatic carbocycles. The van der Waals surface area contributed by atoms with Gasteiger partial charge in [-0.1, -0.05) is 0 Å². The highest BCUT2D eigenvalue weighted by atomic mass is 32.1. The van der Waals surface area contributed by atoms with Gasteiger partial charge in [0, 0.05) is 6.54 Å². The molecule has 0 bridgehead atoms. The molecule has 2 aromatic rings. The van der Waals surface area contributed by atoms with Gasteiger partial charge in [0.05, 0.1) is 5.56 Å². The van der Waals surface area contributed by atoms with Crippen molar-refractivity contribution in [3.8, 4) is 5.88 Å². The number of ether oxygens (including phenoxy) is 1. The molecule has 1 aromatic heterocycles. The van der Waals surface area contributed by atoms with Crippen LogP contribution in [-0.2, 0) is 6.61 Å². The van der Waals surface area contributed by atoms with Gasteiger partial charge in [-0.3, -0.25) is 10.1 Å². The quantitative estimate of drug-likeness (QED) is 0.606. The second-order valence-corrected chi connectivity index (χ2v) is 7.18. The van der Waals surface area contributed by atoms with Gasteiger partial charge in [0.15, 0.2) is 11.6 Å². The highest BCUT2D eigenvalue weighted by Crippen LogP contribution is 2.32. The second kappa shape index (κ2) is 8.05. The Labute approximate surface area is 162 Å². The number of nitrogens with zero attached hydrogens (tertiary/aromatic N) is 1. The summed E-state index contributed by atoms with van der Waals surface area (Å²) in [5.41, 5.74) is 4.24. The average Bonchev–Trinajstić information content (AvgIpc) is 3.38. The van der Waals surface area contributed by atoms with E-state index in [9.17, 15) is 22.8 Å². The molecule has 0 unspecified atom stereocenters. The lowest BCUT2D eigenvalue weighted by molar-refractivity contribution is 0.0996. The van der Waals surface area contributed by atoms with E-state index in [4.69, 9.17) is 10.5 Å². The normalized spacial score (nSPS) is 13.3. The van der Waals surface area contributed by atoms with Gasteiger partial charge >= 0.3 is 6.03 Å². The van der Waals surface area contributed by atoms with Crippen LogP contribution in [0.3, 0.4) is 0 Å². The van der Waals surface area contributed by atoms with Gasteiger partial charge in [-0.25, -0.2) is 18.0 Å². The summed E-state index contributed by atoms with van der Waals surface area (Å²) in [5.74, 6) is -4.37. The first-order valence-corrected chi connectivity index (χ1v) is 9.15. The Morgan fingerprint density at radius 3 is 2.68 bits per heavy atom. The summed E-state index contributed by atoms with van der Waals surface area (Å²) in [4.78, 5) is 23.6. The Hall–Kier alpha value is -2.82. The van der Waals surface area contributed by atoms with Crippen molar-refractivity contribution in [3.63, 3.8) is 0 Å². The predicted molar refractivity (Wildman–Crippen MR) is 95.8 cm³/mol. The van der Waals surface area contributed by atoms with E-state index in [1.807, 2.05) is 0 Å². The summed E-state index contributed by atoms with van der Waals surface area (Å²) in [6.45, 7) is 1.02. The zero-order chi connectivity index (χ0) is 20.4. The second-order valence-electron chi connectivity index (χ2n) is 6.40.